The van der Waals surface area contributed by atoms with Crippen LogP contribution in [0.2, 0.25) is 0 Å². The number of ether oxygens (including phenoxy) is 2. The normalized spacial score (nSPS) is 11.8. The van der Waals surface area contributed by atoms with Crippen molar-refractivity contribution in [3.8, 4) is 17.2 Å². The summed E-state index contributed by atoms with van der Waals surface area (Å²) in [5.41, 5.74) is 8.12. The smallest absolute Gasteiger partial charge is 0.275 e. The maximum absolute atomic E-state index is 13.0. The molecule has 0 fully saturated rings. The third-order valence-electron chi connectivity index (χ3n) is 4.78. The number of benzene rings is 1. The molecule has 7 nitrogen and oxygen atoms in total. The summed E-state index contributed by atoms with van der Waals surface area (Å²) in [6.45, 7) is 7.18. The number of fused-ring (bicyclic) bond motifs is 1. The molecule has 2 N–H and O–H groups in total. The van der Waals surface area contributed by atoms with Gasteiger partial charge in [-0.05, 0) is 51.1 Å². The number of methoxy groups -OCH3 is 2. The number of aromatic nitrogens is 2. The lowest BCUT2D eigenvalue weighted by Crippen LogP contribution is -2.27. The van der Waals surface area contributed by atoms with Gasteiger partial charge in [-0.3, -0.25) is 20.2 Å². The topological polar surface area (TPSA) is 77.4 Å². The molecule has 0 bridgehead atoms. The van der Waals surface area contributed by atoms with Gasteiger partial charge in [0, 0.05) is 17.5 Å². The van der Waals surface area contributed by atoms with Crippen LogP contribution in [0.1, 0.15) is 32.1 Å². The summed E-state index contributed by atoms with van der Waals surface area (Å²) in [6.07, 6.45) is 12.7. The molecule has 2 aromatic heterocycles. The molecule has 0 aliphatic heterocycles. The van der Waals surface area contributed by atoms with Crippen LogP contribution in [0, 0.1) is 0 Å². The monoisotopic (exact) mass is 482 g/mol. The average Bonchev–Trinajstić information content (AvgIpc) is 3.31. The van der Waals surface area contributed by atoms with Gasteiger partial charge in [0.15, 0.2) is 11.5 Å². The summed E-state index contributed by atoms with van der Waals surface area (Å²) >= 11 is 1.45. The molecule has 0 aliphatic carbocycles. The number of nitrogens with zero attached hydrogens (tertiary/aromatic N) is 2. The second-order valence-corrected chi connectivity index (χ2v) is 8.27. The highest BCUT2D eigenvalue weighted by molar-refractivity contribution is 7.19. The van der Waals surface area contributed by atoms with Crippen molar-refractivity contribution < 1.29 is 9.47 Å². The van der Waals surface area contributed by atoms with Gasteiger partial charge >= 0.3 is 0 Å². The van der Waals surface area contributed by atoms with Crippen LogP contribution in [-0.2, 0) is 0 Å². The highest BCUT2D eigenvalue weighted by Gasteiger charge is 2.13. The first-order valence-electron chi connectivity index (χ1n) is 11.1. The molecular formula is C26H34N4O3S. The van der Waals surface area contributed by atoms with Gasteiger partial charge in [-0.1, -0.05) is 37.3 Å². The van der Waals surface area contributed by atoms with Gasteiger partial charge in [0.2, 0.25) is 0 Å². The summed E-state index contributed by atoms with van der Waals surface area (Å²) in [5, 5.41) is 0. The Bertz CT molecular complexity index is 1200. The molecular weight excluding hydrogens is 448 g/mol. The summed E-state index contributed by atoms with van der Waals surface area (Å²) in [7, 11) is 5.01. The Labute approximate surface area is 205 Å². The minimum Gasteiger partial charge on any atom is -0.493 e. The van der Waals surface area contributed by atoms with E-state index in [0.29, 0.717) is 27.4 Å². The largest absolute Gasteiger partial charge is 0.493 e. The Kier molecular flexibility index (Phi) is 11.3. The molecule has 0 amide bonds. The quantitative estimate of drug-likeness (QED) is 0.250. The fourth-order valence-electron chi connectivity index (χ4n) is 2.97. The van der Waals surface area contributed by atoms with Gasteiger partial charge in [0.1, 0.15) is 11.0 Å². The standard InChI is InChI=1S/C22H22N2O3S.C4H12N2/c1-5-6-7-8-9-15(2)20-13-17-21(28-20)22(25)24(14-23-17)16-10-11-18(26-3)19(12-16)27-4;1-3-4-6-5-2/h5-14H,1-4H3;5-6H,3-4H2,1-2H3/b6-5-,8-7-,15-9+;. The molecule has 0 spiro atoms. The van der Waals surface area contributed by atoms with Crippen LogP contribution in [0.25, 0.3) is 21.5 Å². The number of allylic oxidation sites excluding steroid dienone is 6. The number of nitrogens with one attached hydrogen (secondary N) is 2. The van der Waals surface area contributed by atoms with E-state index in [1.165, 1.54) is 22.3 Å². The third-order valence-corrected chi connectivity index (χ3v) is 6.03. The van der Waals surface area contributed by atoms with Gasteiger partial charge in [-0.2, -0.15) is 0 Å². The van der Waals surface area contributed by atoms with Crippen molar-refractivity contribution in [2.45, 2.75) is 27.2 Å². The van der Waals surface area contributed by atoms with E-state index in [0.717, 1.165) is 17.0 Å². The third kappa shape index (κ3) is 7.15. The zero-order chi connectivity index (χ0) is 24.9. The molecule has 0 atom stereocenters. The van der Waals surface area contributed by atoms with Crippen LogP contribution < -0.4 is 25.9 Å². The van der Waals surface area contributed by atoms with E-state index >= 15 is 0 Å². The molecule has 2 heterocycles. The van der Waals surface area contributed by atoms with E-state index in [1.807, 2.05) is 63.4 Å². The van der Waals surface area contributed by atoms with Crippen LogP contribution in [0.3, 0.4) is 0 Å². The highest BCUT2D eigenvalue weighted by Crippen LogP contribution is 2.30. The van der Waals surface area contributed by atoms with Crippen LogP contribution >= 0.6 is 11.3 Å². The summed E-state index contributed by atoms with van der Waals surface area (Å²) in [4.78, 5) is 18.5. The fourth-order valence-corrected chi connectivity index (χ4v) is 3.99. The van der Waals surface area contributed by atoms with Gasteiger partial charge in [-0.25, -0.2) is 4.98 Å². The van der Waals surface area contributed by atoms with Gasteiger partial charge in [0.25, 0.3) is 5.56 Å². The molecule has 0 unspecified atom stereocenters. The van der Waals surface area contributed by atoms with Crippen molar-refractivity contribution in [3.05, 3.63) is 76.2 Å². The summed E-state index contributed by atoms with van der Waals surface area (Å²) in [5.74, 6) is 1.17. The van der Waals surface area contributed by atoms with E-state index in [9.17, 15) is 4.79 Å². The lowest BCUT2D eigenvalue weighted by molar-refractivity contribution is 0.355. The number of hydrazine groups is 1. The molecule has 182 valence electrons. The van der Waals surface area contributed by atoms with Crippen molar-refractivity contribution in [3.63, 3.8) is 0 Å². The number of hydrogen-bond acceptors (Lipinski definition) is 7. The van der Waals surface area contributed by atoms with Crippen molar-refractivity contribution in [2.75, 3.05) is 27.8 Å². The van der Waals surface area contributed by atoms with E-state index in [1.54, 1.807) is 32.7 Å². The Balaban J connectivity index is 0.000000604. The minimum absolute atomic E-state index is 0.106. The molecule has 3 rings (SSSR count). The first-order chi connectivity index (χ1) is 16.5. The predicted octanol–water partition coefficient (Wildman–Crippen LogP) is 5.12. The molecule has 34 heavy (non-hydrogen) atoms. The molecule has 1 aromatic carbocycles. The van der Waals surface area contributed by atoms with Gasteiger partial charge in [0.05, 0.1) is 25.4 Å². The van der Waals surface area contributed by atoms with Gasteiger partial charge in [-0.15, -0.1) is 11.3 Å². The first-order valence-corrected chi connectivity index (χ1v) is 11.9. The van der Waals surface area contributed by atoms with Crippen LogP contribution in [0.15, 0.2) is 65.8 Å². The van der Waals surface area contributed by atoms with E-state index < -0.39 is 0 Å². The molecule has 0 aliphatic rings. The molecule has 8 heteroatoms. The number of rotatable bonds is 9. The molecule has 0 radical (unpaired) electrons. The van der Waals surface area contributed by atoms with Crippen molar-refractivity contribution >= 4 is 27.1 Å². The minimum atomic E-state index is -0.106. The second-order valence-electron chi connectivity index (χ2n) is 7.22. The number of hydrogen-bond donors (Lipinski definition) is 2. The van der Waals surface area contributed by atoms with Gasteiger partial charge < -0.3 is 9.47 Å². The lowest BCUT2D eigenvalue weighted by atomic mass is 10.2. The Morgan fingerprint density at radius 3 is 2.53 bits per heavy atom. The molecule has 0 saturated heterocycles. The first kappa shape index (κ1) is 27.0. The maximum Gasteiger partial charge on any atom is 0.275 e. The van der Waals surface area contributed by atoms with E-state index in [4.69, 9.17) is 9.47 Å². The Morgan fingerprint density at radius 2 is 1.91 bits per heavy atom. The lowest BCUT2D eigenvalue weighted by Gasteiger charge is -2.10. The second kappa shape index (κ2) is 14.1. The Hall–Kier alpha value is -3.20. The van der Waals surface area contributed by atoms with Crippen LogP contribution in [-0.4, -0.2) is 37.4 Å². The number of thiophene rings is 1. The molecule has 0 saturated carbocycles. The molecule has 3 aromatic rings. The van der Waals surface area contributed by atoms with Crippen LogP contribution in [0.5, 0.6) is 11.5 Å². The van der Waals surface area contributed by atoms with Crippen molar-refractivity contribution in [1.29, 1.82) is 0 Å². The SMILES string of the molecule is CCCNNC.C\C=C/C=C\C=C(/C)c1cc2ncn(-c3ccc(OC)c(OC)c3)c(=O)c2s1. The highest BCUT2D eigenvalue weighted by atomic mass is 32.1. The van der Waals surface area contributed by atoms with Crippen molar-refractivity contribution in [1.82, 2.24) is 20.4 Å². The van der Waals surface area contributed by atoms with Crippen molar-refractivity contribution in [2.24, 2.45) is 0 Å². The average molecular weight is 483 g/mol. The summed E-state index contributed by atoms with van der Waals surface area (Å²) in [6, 6.07) is 7.30. The van der Waals surface area contributed by atoms with Crippen LogP contribution in [0.4, 0.5) is 0 Å². The van der Waals surface area contributed by atoms with E-state index in [-0.39, 0.29) is 5.56 Å². The maximum atomic E-state index is 13.0. The summed E-state index contributed by atoms with van der Waals surface area (Å²) < 4.78 is 12.7. The Morgan fingerprint density at radius 1 is 1.15 bits per heavy atom. The zero-order valence-electron chi connectivity index (χ0n) is 20.7. The predicted molar refractivity (Wildman–Crippen MR) is 143 cm³/mol. The van der Waals surface area contributed by atoms with E-state index in [2.05, 4.69) is 22.8 Å². The fraction of sp³-hybridized carbons (Fsp3) is 0.308. The zero-order valence-corrected chi connectivity index (χ0v) is 21.5.